The Balaban J connectivity index is 1.57. The smallest absolute Gasteiger partial charge is 0.409 e. The number of imide groups is 2. The number of rotatable bonds is 8. The molecule has 10 nitrogen and oxygen atoms in total. The van der Waals surface area contributed by atoms with Crippen LogP contribution in [0.25, 0.3) is 0 Å². The summed E-state index contributed by atoms with van der Waals surface area (Å²) in [6, 6.07) is 8.52. The molecule has 1 aliphatic heterocycles. The largest absolute Gasteiger partial charge is 0.445 e. The highest BCUT2D eigenvalue weighted by atomic mass is 16.6. The van der Waals surface area contributed by atoms with Crippen molar-refractivity contribution in [3.05, 3.63) is 47.3 Å². The molecule has 2 fully saturated rings. The van der Waals surface area contributed by atoms with E-state index in [-0.39, 0.29) is 36.5 Å². The zero-order valence-corrected chi connectivity index (χ0v) is 20.4. The summed E-state index contributed by atoms with van der Waals surface area (Å²) in [5.41, 5.74) is 11.9. The second-order valence-electron chi connectivity index (χ2n) is 9.19. The van der Waals surface area contributed by atoms with Crippen molar-refractivity contribution < 1.29 is 23.9 Å². The van der Waals surface area contributed by atoms with Gasteiger partial charge < -0.3 is 21.1 Å². The van der Waals surface area contributed by atoms with Crippen LogP contribution in [0.5, 0.6) is 0 Å². The second kappa shape index (κ2) is 11.7. The summed E-state index contributed by atoms with van der Waals surface area (Å²) in [4.78, 5) is 55.0. The van der Waals surface area contributed by atoms with Gasteiger partial charge in [0.05, 0.1) is 0 Å². The number of benzene rings is 1. The van der Waals surface area contributed by atoms with E-state index in [0.29, 0.717) is 25.8 Å². The van der Waals surface area contributed by atoms with E-state index in [9.17, 15) is 19.2 Å². The van der Waals surface area contributed by atoms with Gasteiger partial charge in [-0.2, -0.15) is 0 Å². The molecule has 1 saturated heterocycles. The van der Waals surface area contributed by atoms with Crippen molar-refractivity contribution in [3.63, 3.8) is 0 Å². The molecule has 3 rings (SSSR count). The van der Waals surface area contributed by atoms with E-state index in [4.69, 9.17) is 16.2 Å². The van der Waals surface area contributed by atoms with Crippen LogP contribution < -0.4 is 11.5 Å². The highest BCUT2D eigenvalue weighted by Gasteiger charge is 2.46. The fourth-order valence-corrected chi connectivity index (χ4v) is 4.61. The van der Waals surface area contributed by atoms with E-state index < -0.39 is 23.9 Å². The molecule has 35 heavy (non-hydrogen) atoms. The van der Waals surface area contributed by atoms with E-state index >= 15 is 0 Å². The third kappa shape index (κ3) is 6.12. The summed E-state index contributed by atoms with van der Waals surface area (Å²) in [5.74, 6) is -1.61. The lowest BCUT2D eigenvalue weighted by molar-refractivity contribution is -0.138. The van der Waals surface area contributed by atoms with E-state index in [1.54, 1.807) is 11.9 Å². The van der Waals surface area contributed by atoms with Crippen LogP contribution >= 0.6 is 0 Å². The molecule has 4 N–H and O–H groups in total. The van der Waals surface area contributed by atoms with Crippen molar-refractivity contribution in [1.29, 1.82) is 0 Å². The van der Waals surface area contributed by atoms with Crippen molar-refractivity contribution in [1.82, 2.24) is 14.7 Å². The van der Waals surface area contributed by atoms with E-state index in [1.165, 1.54) is 0 Å². The highest BCUT2D eigenvalue weighted by Crippen LogP contribution is 2.32. The minimum atomic E-state index is -0.728. The first kappa shape index (κ1) is 26.1. The van der Waals surface area contributed by atoms with E-state index in [0.717, 1.165) is 34.6 Å². The average Bonchev–Trinajstić information content (AvgIpc) is 2.84. The number of carbonyl (C=O) groups is 4. The molecule has 5 amide bonds. The number of hydrogen-bond acceptors (Lipinski definition) is 7. The molecule has 1 aromatic carbocycles. The van der Waals surface area contributed by atoms with Gasteiger partial charge >= 0.3 is 12.1 Å². The van der Waals surface area contributed by atoms with Gasteiger partial charge in [0.1, 0.15) is 18.0 Å². The van der Waals surface area contributed by atoms with Gasteiger partial charge in [-0.05, 0) is 43.6 Å². The predicted octanol–water partition coefficient (Wildman–Crippen LogP) is 2.53. The third-order valence-electron chi connectivity index (χ3n) is 6.58. The van der Waals surface area contributed by atoms with Crippen LogP contribution in [0.4, 0.5) is 9.59 Å². The van der Waals surface area contributed by atoms with Gasteiger partial charge in [-0.15, -0.1) is 0 Å². The van der Waals surface area contributed by atoms with Gasteiger partial charge in [0.25, 0.3) is 11.8 Å². The predicted molar refractivity (Wildman–Crippen MR) is 129 cm³/mol. The second-order valence-corrected chi connectivity index (χ2v) is 9.19. The van der Waals surface area contributed by atoms with Crippen molar-refractivity contribution in [2.45, 2.75) is 58.1 Å². The number of barbiturate groups is 1. The number of unbranched alkanes of at least 4 members (excludes halogenated alkanes) is 1. The van der Waals surface area contributed by atoms with Crippen LogP contribution in [0.1, 0.15) is 51.0 Å². The van der Waals surface area contributed by atoms with Gasteiger partial charge in [0.2, 0.25) is 0 Å². The topological polar surface area (TPSA) is 139 Å². The Kier molecular flexibility index (Phi) is 8.73. The first-order valence-electron chi connectivity index (χ1n) is 12.1. The lowest BCUT2D eigenvalue weighted by Gasteiger charge is -2.41. The maximum Gasteiger partial charge on any atom is 0.409 e. The average molecular weight is 486 g/mol. The molecule has 1 heterocycles. The van der Waals surface area contributed by atoms with E-state index in [1.807, 2.05) is 37.3 Å². The number of nitrogens with two attached hydrogens (primary N) is 2. The highest BCUT2D eigenvalue weighted by molar-refractivity contribution is 6.29. The molecule has 0 aromatic heterocycles. The van der Waals surface area contributed by atoms with Crippen molar-refractivity contribution in [2.75, 3.05) is 20.1 Å². The Bertz CT molecular complexity index is 968. The SMILES string of the molecule is CCCCN1C(=O)C(=C(N)N)C(=O)N(C2CCC(CN(C)C(=O)OCc3ccccc3)CC2)C1=O. The van der Waals surface area contributed by atoms with Crippen LogP contribution in [0.15, 0.2) is 41.7 Å². The molecule has 2 aliphatic rings. The number of nitrogens with zero attached hydrogens (tertiary/aromatic N) is 3. The summed E-state index contributed by atoms with van der Waals surface area (Å²) in [5, 5.41) is 0. The van der Waals surface area contributed by atoms with Crippen LogP contribution in [-0.4, -0.2) is 64.8 Å². The number of amides is 5. The van der Waals surface area contributed by atoms with E-state index in [2.05, 4.69) is 0 Å². The van der Waals surface area contributed by atoms with Crippen LogP contribution in [0.3, 0.4) is 0 Å². The Hall–Kier alpha value is -3.56. The molecule has 10 heteroatoms. The standard InChI is InChI=1S/C25H35N5O5/c1-3-4-14-29-22(31)20(21(26)27)23(32)30(24(29)33)19-12-10-17(11-13-19)15-28(2)25(34)35-16-18-8-6-5-7-9-18/h5-9,17,19H,3-4,10-16,26-27H2,1-2H3. The van der Waals surface area contributed by atoms with Gasteiger partial charge in [0.15, 0.2) is 0 Å². The van der Waals surface area contributed by atoms with Gasteiger partial charge in [-0.3, -0.25) is 19.4 Å². The van der Waals surface area contributed by atoms with Gasteiger partial charge in [0, 0.05) is 26.2 Å². The number of hydrogen-bond donors (Lipinski definition) is 2. The maximum atomic E-state index is 13.1. The molecular weight excluding hydrogens is 450 g/mol. The monoisotopic (exact) mass is 485 g/mol. The number of urea groups is 1. The molecule has 190 valence electrons. The molecule has 0 bridgehead atoms. The van der Waals surface area contributed by atoms with Crippen molar-refractivity contribution >= 4 is 23.9 Å². The summed E-state index contributed by atoms with van der Waals surface area (Å²) >= 11 is 0. The first-order valence-corrected chi connectivity index (χ1v) is 12.1. The quantitative estimate of drug-likeness (QED) is 0.426. The molecule has 1 saturated carbocycles. The fraction of sp³-hybridized carbons (Fsp3) is 0.520. The zero-order chi connectivity index (χ0) is 25.5. The Morgan fingerprint density at radius 2 is 1.71 bits per heavy atom. The van der Waals surface area contributed by atoms with Gasteiger partial charge in [-0.25, -0.2) is 9.59 Å². The molecule has 0 unspecified atom stereocenters. The van der Waals surface area contributed by atoms with Crippen molar-refractivity contribution in [3.8, 4) is 0 Å². The minimum absolute atomic E-state index is 0.208. The van der Waals surface area contributed by atoms with Gasteiger partial charge in [-0.1, -0.05) is 43.7 Å². The molecule has 0 atom stereocenters. The summed E-state index contributed by atoms with van der Waals surface area (Å²) in [6.07, 6.45) is 3.60. The van der Waals surface area contributed by atoms with Crippen LogP contribution in [-0.2, 0) is 20.9 Å². The zero-order valence-electron chi connectivity index (χ0n) is 20.4. The molecular formula is C25H35N5O5. The number of ether oxygens (including phenoxy) is 1. The minimum Gasteiger partial charge on any atom is -0.445 e. The fourth-order valence-electron chi connectivity index (χ4n) is 4.61. The molecule has 0 radical (unpaired) electrons. The summed E-state index contributed by atoms with van der Waals surface area (Å²) < 4.78 is 5.39. The molecule has 1 aromatic rings. The maximum absolute atomic E-state index is 13.1. The Labute approximate surface area is 205 Å². The number of carbonyl (C=O) groups excluding carboxylic acids is 4. The lowest BCUT2D eigenvalue weighted by Crippen LogP contribution is -2.61. The van der Waals surface area contributed by atoms with Crippen molar-refractivity contribution in [2.24, 2.45) is 17.4 Å². The third-order valence-corrected chi connectivity index (χ3v) is 6.58. The molecule has 1 aliphatic carbocycles. The lowest BCUT2D eigenvalue weighted by atomic mass is 9.84. The summed E-state index contributed by atoms with van der Waals surface area (Å²) in [7, 11) is 1.70. The molecule has 0 spiro atoms. The van der Waals surface area contributed by atoms with Crippen LogP contribution in [0.2, 0.25) is 0 Å². The first-order chi connectivity index (χ1) is 16.7. The Morgan fingerprint density at radius 3 is 2.31 bits per heavy atom. The summed E-state index contributed by atoms with van der Waals surface area (Å²) in [6.45, 7) is 2.89. The Morgan fingerprint density at radius 1 is 1.06 bits per heavy atom. The normalized spacial score (nSPS) is 20.7. The van der Waals surface area contributed by atoms with Crippen LogP contribution in [0, 0.1) is 5.92 Å².